The highest BCUT2D eigenvalue weighted by molar-refractivity contribution is 5.85. The zero-order valence-corrected chi connectivity index (χ0v) is 7.55. The summed E-state index contributed by atoms with van der Waals surface area (Å²) in [4.78, 5) is 0. The van der Waals surface area contributed by atoms with Crippen LogP contribution in [0.25, 0.3) is 0 Å². The van der Waals surface area contributed by atoms with Crippen molar-refractivity contribution >= 4 is 5.84 Å². The second kappa shape index (κ2) is 3.61. The number of ether oxygens (including phenoxy) is 1. The first-order chi connectivity index (χ1) is 6.48. The number of amidine groups is 1. The van der Waals surface area contributed by atoms with Crippen LogP contribution in [0.2, 0.25) is 0 Å². The van der Waals surface area contributed by atoms with Crippen molar-refractivity contribution in [2.75, 3.05) is 7.11 Å². The molecule has 0 amide bonds. The first-order valence-electron chi connectivity index (χ1n) is 3.85. The van der Waals surface area contributed by atoms with Crippen molar-refractivity contribution in [3.63, 3.8) is 0 Å². The average molecular weight is 200 g/mol. The molecule has 0 aliphatic carbocycles. The summed E-state index contributed by atoms with van der Waals surface area (Å²) in [5.74, 6) is -4.30. The maximum absolute atomic E-state index is 13.2. The Bertz CT molecular complexity index is 352. The van der Waals surface area contributed by atoms with Crippen LogP contribution in [0.3, 0.4) is 0 Å². The van der Waals surface area contributed by atoms with E-state index in [0.717, 1.165) is 6.07 Å². The van der Waals surface area contributed by atoms with Crippen molar-refractivity contribution in [3.05, 3.63) is 29.8 Å². The van der Waals surface area contributed by atoms with Crippen LogP contribution >= 0.6 is 0 Å². The Labute approximate surface area is 80.0 Å². The van der Waals surface area contributed by atoms with E-state index < -0.39 is 11.8 Å². The third-order valence-corrected chi connectivity index (χ3v) is 1.77. The van der Waals surface area contributed by atoms with Crippen LogP contribution in [0.15, 0.2) is 24.3 Å². The first-order valence-corrected chi connectivity index (χ1v) is 3.85. The molecular weight excluding hydrogens is 190 g/mol. The summed E-state index contributed by atoms with van der Waals surface area (Å²) in [5, 5.41) is 6.75. The minimum Gasteiger partial charge on any atom is -0.497 e. The van der Waals surface area contributed by atoms with Gasteiger partial charge in [-0.2, -0.15) is 8.78 Å². The second-order valence-electron chi connectivity index (χ2n) is 2.72. The highest BCUT2D eigenvalue weighted by atomic mass is 19.3. The van der Waals surface area contributed by atoms with Gasteiger partial charge in [-0.15, -0.1) is 0 Å². The van der Waals surface area contributed by atoms with Crippen LogP contribution in [-0.4, -0.2) is 12.9 Å². The standard InChI is InChI=1S/C9H10F2N2O/c1-14-7-4-2-3-6(5-7)9(10,11)8(12)13/h2-5H,1H3,(H3,12,13). The lowest BCUT2D eigenvalue weighted by Crippen LogP contribution is -2.32. The van der Waals surface area contributed by atoms with E-state index in [1.807, 2.05) is 0 Å². The number of halogens is 2. The van der Waals surface area contributed by atoms with Crippen LogP contribution in [0, 0.1) is 5.41 Å². The molecule has 5 heteroatoms. The molecule has 76 valence electrons. The molecule has 0 unspecified atom stereocenters. The summed E-state index contributed by atoms with van der Waals surface area (Å²) < 4.78 is 31.2. The minimum atomic E-state index is -3.44. The Hall–Kier alpha value is -1.65. The van der Waals surface area contributed by atoms with E-state index in [0.29, 0.717) is 5.75 Å². The van der Waals surface area contributed by atoms with Crippen LogP contribution in [0.4, 0.5) is 8.78 Å². The maximum atomic E-state index is 13.2. The molecule has 1 rings (SSSR count). The average Bonchev–Trinajstić information content (AvgIpc) is 2.17. The number of nitrogens with two attached hydrogens (primary N) is 1. The number of hydrogen-bond acceptors (Lipinski definition) is 2. The van der Waals surface area contributed by atoms with Gasteiger partial charge >= 0.3 is 5.92 Å². The molecule has 1 aromatic carbocycles. The van der Waals surface area contributed by atoms with Gasteiger partial charge in [0.1, 0.15) is 5.75 Å². The molecule has 0 spiro atoms. The molecule has 0 aromatic heterocycles. The van der Waals surface area contributed by atoms with E-state index in [4.69, 9.17) is 15.9 Å². The van der Waals surface area contributed by atoms with Gasteiger partial charge in [-0.05, 0) is 12.1 Å². The highest BCUT2D eigenvalue weighted by Gasteiger charge is 2.35. The first kappa shape index (κ1) is 10.4. The van der Waals surface area contributed by atoms with Gasteiger partial charge in [0.2, 0.25) is 0 Å². The van der Waals surface area contributed by atoms with Crippen molar-refractivity contribution < 1.29 is 13.5 Å². The monoisotopic (exact) mass is 200 g/mol. The lowest BCUT2D eigenvalue weighted by molar-refractivity contribution is 0.0732. The smallest absolute Gasteiger partial charge is 0.328 e. The highest BCUT2D eigenvalue weighted by Crippen LogP contribution is 2.29. The van der Waals surface area contributed by atoms with Crippen molar-refractivity contribution in [2.45, 2.75) is 5.92 Å². The maximum Gasteiger partial charge on any atom is 0.328 e. The third kappa shape index (κ3) is 1.81. The number of hydrogen-bond donors (Lipinski definition) is 2. The molecule has 3 N–H and O–H groups in total. The Kier molecular flexibility index (Phi) is 2.69. The van der Waals surface area contributed by atoms with Gasteiger partial charge in [-0.1, -0.05) is 12.1 Å². The molecule has 14 heavy (non-hydrogen) atoms. The number of nitrogens with one attached hydrogen (secondary N) is 1. The van der Waals surface area contributed by atoms with E-state index in [2.05, 4.69) is 0 Å². The topological polar surface area (TPSA) is 59.1 Å². The van der Waals surface area contributed by atoms with Gasteiger partial charge in [0, 0.05) is 5.56 Å². The normalized spacial score (nSPS) is 11.1. The van der Waals surface area contributed by atoms with Gasteiger partial charge in [-0.25, -0.2) is 0 Å². The SMILES string of the molecule is COc1cccc(C(F)(F)C(=N)N)c1. The fourth-order valence-corrected chi connectivity index (χ4v) is 0.974. The Morgan fingerprint density at radius 1 is 1.50 bits per heavy atom. The van der Waals surface area contributed by atoms with Crippen LogP contribution in [0.5, 0.6) is 5.75 Å². The quantitative estimate of drug-likeness (QED) is 0.576. The largest absolute Gasteiger partial charge is 0.497 e. The zero-order chi connectivity index (χ0) is 10.8. The number of methoxy groups -OCH3 is 1. The van der Waals surface area contributed by atoms with Gasteiger partial charge in [0.25, 0.3) is 0 Å². The Morgan fingerprint density at radius 3 is 2.64 bits per heavy atom. The Balaban J connectivity index is 3.12. The second-order valence-corrected chi connectivity index (χ2v) is 2.72. The van der Waals surface area contributed by atoms with Crippen molar-refractivity contribution in [1.82, 2.24) is 0 Å². The molecule has 0 aliphatic rings. The van der Waals surface area contributed by atoms with E-state index >= 15 is 0 Å². The van der Waals surface area contributed by atoms with Crippen molar-refractivity contribution in [1.29, 1.82) is 5.41 Å². The predicted octanol–water partition coefficient (Wildman–Crippen LogP) is 1.72. The summed E-state index contributed by atoms with van der Waals surface area (Å²) in [7, 11) is 1.38. The third-order valence-electron chi connectivity index (χ3n) is 1.77. The molecular formula is C9H10F2N2O. The van der Waals surface area contributed by atoms with E-state index in [9.17, 15) is 8.78 Å². The zero-order valence-electron chi connectivity index (χ0n) is 7.55. The fraction of sp³-hybridized carbons (Fsp3) is 0.222. The van der Waals surface area contributed by atoms with Gasteiger partial charge in [-0.3, -0.25) is 5.41 Å². The molecule has 0 bridgehead atoms. The fourth-order valence-electron chi connectivity index (χ4n) is 0.974. The summed E-state index contributed by atoms with van der Waals surface area (Å²) in [6, 6.07) is 5.32. The minimum absolute atomic E-state index is 0.309. The summed E-state index contributed by atoms with van der Waals surface area (Å²) in [6.07, 6.45) is 0. The molecule has 0 radical (unpaired) electrons. The summed E-state index contributed by atoms with van der Waals surface area (Å²) >= 11 is 0. The van der Waals surface area contributed by atoms with Gasteiger partial charge < -0.3 is 10.5 Å². The number of alkyl halides is 2. The molecule has 1 aromatic rings. The van der Waals surface area contributed by atoms with Crippen LogP contribution < -0.4 is 10.5 Å². The predicted molar refractivity (Wildman–Crippen MR) is 48.8 cm³/mol. The molecule has 3 nitrogen and oxygen atoms in total. The number of rotatable bonds is 3. The van der Waals surface area contributed by atoms with Gasteiger partial charge in [0.05, 0.1) is 7.11 Å². The lowest BCUT2D eigenvalue weighted by Gasteiger charge is -2.15. The molecule has 0 saturated carbocycles. The van der Waals surface area contributed by atoms with E-state index in [1.54, 1.807) is 6.07 Å². The molecule has 0 aliphatic heterocycles. The Morgan fingerprint density at radius 2 is 2.14 bits per heavy atom. The van der Waals surface area contributed by atoms with Crippen LogP contribution in [0.1, 0.15) is 5.56 Å². The van der Waals surface area contributed by atoms with E-state index in [1.165, 1.54) is 19.2 Å². The lowest BCUT2D eigenvalue weighted by atomic mass is 10.1. The van der Waals surface area contributed by atoms with Crippen molar-refractivity contribution in [2.24, 2.45) is 5.73 Å². The van der Waals surface area contributed by atoms with Crippen molar-refractivity contribution in [3.8, 4) is 5.75 Å². The molecule has 0 atom stereocenters. The molecule has 0 fully saturated rings. The summed E-state index contributed by atoms with van der Waals surface area (Å²) in [6.45, 7) is 0. The molecule has 0 heterocycles. The van der Waals surface area contributed by atoms with Gasteiger partial charge in [0.15, 0.2) is 5.84 Å². The molecule has 0 saturated heterocycles. The van der Waals surface area contributed by atoms with Crippen LogP contribution in [-0.2, 0) is 5.92 Å². The summed E-state index contributed by atoms with van der Waals surface area (Å²) in [5.41, 5.74) is 4.44. The van der Waals surface area contributed by atoms with E-state index in [-0.39, 0.29) is 5.56 Å². The number of benzene rings is 1.